The molecule has 0 amide bonds. The van der Waals surface area contributed by atoms with Gasteiger partial charge in [0.25, 0.3) is 0 Å². The predicted molar refractivity (Wildman–Crippen MR) is 76.8 cm³/mol. The Kier molecular flexibility index (Phi) is 3.64. The van der Waals surface area contributed by atoms with E-state index in [4.69, 9.17) is 4.74 Å². The molecule has 0 saturated heterocycles. The second-order valence-electron chi connectivity index (χ2n) is 4.67. The Morgan fingerprint density at radius 3 is 3.11 bits per heavy atom. The molecule has 3 rings (SSSR count). The summed E-state index contributed by atoms with van der Waals surface area (Å²) in [5.74, 6) is 2.54. The molecule has 1 aliphatic rings. The van der Waals surface area contributed by atoms with Gasteiger partial charge < -0.3 is 10.1 Å². The maximum atomic E-state index is 5.49. The van der Waals surface area contributed by atoms with E-state index in [-0.39, 0.29) is 0 Å². The van der Waals surface area contributed by atoms with Gasteiger partial charge in [-0.2, -0.15) is 4.37 Å². The Hall–Kier alpha value is -1.62. The van der Waals surface area contributed by atoms with Gasteiger partial charge in [-0.15, -0.1) is 0 Å². The highest BCUT2D eigenvalue weighted by molar-refractivity contribution is 7.09. The zero-order valence-electron chi connectivity index (χ0n) is 10.9. The predicted octanol–water partition coefficient (Wildman–Crippen LogP) is 3.43. The van der Waals surface area contributed by atoms with Crippen LogP contribution in [0.1, 0.15) is 37.1 Å². The minimum absolute atomic E-state index is 0.619. The average molecular weight is 275 g/mol. The summed E-state index contributed by atoms with van der Waals surface area (Å²) < 4.78 is 9.87. The fraction of sp³-hybridized carbons (Fsp3) is 0.429. The van der Waals surface area contributed by atoms with Gasteiger partial charge in [-0.05, 0) is 37.5 Å². The summed E-state index contributed by atoms with van der Waals surface area (Å²) in [6, 6.07) is 8.12. The number of ether oxygens (including phenoxy) is 1. The van der Waals surface area contributed by atoms with Crippen molar-refractivity contribution < 1.29 is 4.74 Å². The first-order valence-corrected chi connectivity index (χ1v) is 7.41. The first-order valence-electron chi connectivity index (χ1n) is 6.64. The van der Waals surface area contributed by atoms with E-state index in [1.165, 1.54) is 29.9 Å². The number of aromatic nitrogens is 2. The SMILES string of the molecule is CCOc1cccc(CNc2nc(C3CC3)ns2)c1. The Morgan fingerprint density at radius 1 is 1.42 bits per heavy atom. The van der Waals surface area contributed by atoms with E-state index >= 15 is 0 Å². The maximum Gasteiger partial charge on any atom is 0.202 e. The van der Waals surface area contributed by atoms with E-state index in [1.807, 2.05) is 19.1 Å². The molecule has 100 valence electrons. The van der Waals surface area contributed by atoms with Crippen LogP contribution in [0.3, 0.4) is 0 Å². The lowest BCUT2D eigenvalue weighted by atomic mass is 10.2. The molecule has 1 heterocycles. The second-order valence-corrected chi connectivity index (χ2v) is 5.42. The Balaban J connectivity index is 1.59. The fourth-order valence-electron chi connectivity index (χ4n) is 1.90. The lowest BCUT2D eigenvalue weighted by Crippen LogP contribution is -2.00. The van der Waals surface area contributed by atoms with E-state index < -0.39 is 0 Å². The van der Waals surface area contributed by atoms with E-state index in [0.29, 0.717) is 12.5 Å². The van der Waals surface area contributed by atoms with Crippen LogP contribution < -0.4 is 10.1 Å². The van der Waals surface area contributed by atoms with Crippen LogP contribution in [0.15, 0.2) is 24.3 Å². The van der Waals surface area contributed by atoms with Crippen molar-refractivity contribution in [2.45, 2.75) is 32.2 Å². The van der Waals surface area contributed by atoms with Crippen LogP contribution in [0.25, 0.3) is 0 Å². The summed E-state index contributed by atoms with van der Waals surface area (Å²) in [5, 5.41) is 4.23. The van der Waals surface area contributed by atoms with Crippen molar-refractivity contribution in [3.8, 4) is 5.75 Å². The molecular formula is C14H17N3OS. The van der Waals surface area contributed by atoms with Crippen LogP contribution >= 0.6 is 11.5 Å². The van der Waals surface area contributed by atoms with Crippen molar-refractivity contribution in [2.24, 2.45) is 0 Å². The fourth-order valence-corrected chi connectivity index (χ4v) is 2.54. The number of nitrogens with one attached hydrogen (secondary N) is 1. The quantitative estimate of drug-likeness (QED) is 0.877. The molecule has 1 N–H and O–H groups in total. The minimum atomic E-state index is 0.619. The number of nitrogens with zero attached hydrogens (tertiary/aromatic N) is 2. The monoisotopic (exact) mass is 275 g/mol. The molecule has 4 nitrogen and oxygen atoms in total. The molecule has 1 aromatic carbocycles. The topological polar surface area (TPSA) is 47.0 Å². The largest absolute Gasteiger partial charge is 0.494 e. The van der Waals surface area contributed by atoms with Crippen molar-refractivity contribution in [3.63, 3.8) is 0 Å². The van der Waals surface area contributed by atoms with Crippen LogP contribution in [0.2, 0.25) is 0 Å². The number of hydrogen-bond donors (Lipinski definition) is 1. The third-order valence-corrected chi connectivity index (χ3v) is 3.72. The second kappa shape index (κ2) is 5.57. The number of anilines is 1. The average Bonchev–Trinajstić information content (AvgIpc) is 3.17. The highest BCUT2D eigenvalue weighted by atomic mass is 32.1. The van der Waals surface area contributed by atoms with Gasteiger partial charge >= 0.3 is 0 Å². The van der Waals surface area contributed by atoms with E-state index in [2.05, 4.69) is 26.8 Å². The summed E-state index contributed by atoms with van der Waals surface area (Å²) in [6.07, 6.45) is 2.49. The first-order chi connectivity index (χ1) is 9.35. The highest BCUT2D eigenvalue weighted by Gasteiger charge is 2.27. The normalized spacial score (nSPS) is 14.4. The molecule has 0 radical (unpaired) electrons. The molecule has 1 aromatic heterocycles. The zero-order chi connectivity index (χ0) is 13.1. The van der Waals surface area contributed by atoms with Crippen LogP contribution in [0.5, 0.6) is 5.75 Å². The molecule has 0 atom stereocenters. The molecule has 1 fully saturated rings. The minimum Gasteiger partial charge on any atom is -0.494 e. The van der Waals surface area contributed by atoms with E-state index in [0.717, 1.165) is 23.3 Å². The molecule has 19 heavy (non-hydrogen) atoms. The van der Waals surface area contributed by atoms with E-state index in [1.54, 1.807) is 0 Å². The van der Waals surface area contributed by atoms with Gasteiger partial charge in [-0.3, -0.25) is 0 Å². The van der Waals surface area contributed by atoms with Gasteiger partial charge in [0, 0.05) is 24.0 Å². The lowest BCUT2D eigenvalue weighted by molar-refractivity contribution is 0.340. The number of benzene rings is 1. The van der Waals surface area contributed by atoms with Crippen molar-refractivity contribution in [3.05, 3.63) is 35.7 Å². The summed E-state index contributed by atoms with van der Waals surface area (Å²) in [4.78, 5) is 4.51. The molecule has 5 heteroatoms. The molecule has 0 unspecified atom stereocenters. The first kappa shape index (κ1) is 12.4. The van der Waals surface area contributed by atoms with Gasteiger partial charge in [-0.25, -0.2) is 4.98 Å². The van der Waals surface area contributed by atoms with Crippen molar-refractivity contribution in [1.82, 2.24) is 9.36 Å². The molecule has 1 aliphatic carbocycles. The molecule has 0 spiro atoms. The highest BCUT2D eigenvalue weighted by Crippen LogP contribution is 2.39. The van der Waals surface area contributed by atoms with Gasteiger partial charge in [-0.1, -0.05) is 12.1 Å². The van der Waals surface area contributed by atoms with Gasteiger partial charge in [0.1, 0.15) is 11.6 Å². The molecule has 0 aliphatic heterocycles. The Morgan fingerprint density at radius 2 is 2.32 bits per heavy atom. The standard InChI is InChI=1S/C14H17N3OS/c1-2-18-12-5-3-4-10(8-12)9-15-14-16-13(17-19-14)11-6-7-11/h3-5,8,11H,2,6-7,9H2,1H3,(H,15,16,17). The lowest BCUT2D eigenvalue weighted by Gasteiger charge is -2.06. The number of hydrogen-bond acceptors (Lipinski definition) is 5. The van der Waals surface area contributed by atoms with Crippen LogP contribution in [0, 0.1) is 0 Å². The smallest absolute Gasteiger partial charge is 0.202 e. The van der Waals surface area contributed by atoms with Crippen LogP contribution in [0.4, 0.5) is 5.13 Å². The summed E-state index contributed by atoms with van der Waals surface area (Å²) in [5.41, 5.74) is 1.19. The third-order valence-electron chi connectivity index (χ3n) is 3.04. The van der Waals surface area contributed by atoms with Crippen molar-refractivity contribution in [1.29, 1.82) is 0 Å². The van der Waals surface area contributed by atoms with Gasteiger partial charge in [0.2, 0.25) is 5.13 Å². The third kappa shape index (κ3) is 3.23. The Labute approximate surface area is 117 Å². The Bertz CT molecular complexity index is 551. The number of rotatable bonds is 6. The summed E-state index contributed by atoms with van der Waals surface area (Å²) in [7, 11) is 0. The molecule has 0 bridgehead atoms. The van der Waals surface area contributed by atoms with Crippen LogP contribution in [-0.4, -0.2) is 16.0 Å². The van der Waals surface area contributed by atoms with Crippen LogP contribution in [-0.2, 0) is 6.54 Å². The van der Waals surface area contributed by atoms with Gasteiger partial charge in [0.05, 0.1) is 6.61 Å². The maximum absolute atomic E-state index is 5.49. The van der Waals surface area contributed by atoms with Crippen molar-refractivity contribution in [2.75, 3.05) is 11.9 Å². The van der Waals surface area contributed by atoms with E-state index in [9.17, 15) is 0 Å². The van der Waals surface area contributed by atoms with Gasteiger partial charge in [0.15, 0.2) is 0 Å². The molecular weight excluding hydrogens is 258 g/mol. The molecule has 2 aromatic rings. The molecule has 1 saturated carbocycles. The van der Waals surface area contributed by atoms with Crippen molar-refractivity contribution >= 4 is 16.7 Å². The summed E-state index contributed by atoms with van der Waals surface area (Å²) in [6.45, 7) is 3.43. The summed E-state index contributed by atoms with van der Waals surface area (Å²) >= 11 is 1.45. The zero-order valence-corrected chi connectivity index (χ0v) is 11.7.